The van der Waals surface area contributed by atoms with Crippen molar-refractivity contribution >= 4 is 5.91 Å². The van der Waals surface area contributed by atoms with Crippen LogP contribution < -0.4 is 0 Å². The molecular formula is C13H14F3NO2. The summed E-state index contributed by atoms with van der Waals surface area (Å²) in [6, 6.07) is 0.967. The highest BCUT2D eigenvalue weighted by molar-refractivity contribution is 5.94. The molecule has 0 spiro atoms. The van der Waals surface area contributed by atoms with Gasteiger partial charge in [-0.1, -0.05) is 0 Å². The van der Waals surface area contributed by atoms with Gasteiger partial charge in [0.1, 0.15) is 23.0 Å². The summed E-state index contributed by atoms with van der Waals surface area (Å²) in [5.74, 6) is -4.16. The Morgan fingerprint density at radius 3 is 2.32 bits per heavy atom. The van der Waals surface area contributed by atoms with E-state index in [9.17, 15) is 18.0 Å². The molecule has 1 fully saturated rings. The van der Waals surface area contributed by atoms with Gasteiger partial charge in [-0.2, -0.15) is 0 Å². The van der Waals surface area contributed by atoms with Crippen molar-refractivity contribution in [3.05, 3.63) is 35.1 Å². The molecule has 0 saturated heterocycles. The van der Waals surface area contributed by atoms with Gasteiger partial charge in [0, 0.05) is 25.7 Å². The summed E-state index contributed by atoms with van der Waals surface area (Å²) in [6.07, 6.45) is 0.797. The number of carbonyl (C=O) groups is 1. The number of amides is 1. The van der Waals surface area contributed by atoms with Crippen LogP contribution in [0.1, 0.15) is 23.2 Å². The summed E-state index contributed by atoms with van der Waals surface area (Å²) < 4.78 is 39.7. The van der Waals surface area contributed by atoms with E-state index in [-0.39, 0.29) is 12.0 Å². The van der Waals surface area contributed by atoms with Crippen molar-refractivity contribution < 1.29 is 23.1 Å². The third-order valence-electron chi connectivity index (χ3n) is 3.31. The Morgan fingerprint density at radius 1 is 1.32 bits per heavy atom. The van der Waals surface area contributed by atoms with E-state index >= 15 is 0 Å². The molecule has 104 valence electrons. The van der Waals surface area contributed by atoms with E-state index in [0.717, 1.165) is 0 Å². The van der Waals surface area contributed by atoms with Gasteiger partial charge in [-0.05, 0) is 18.8 Å². The van der Waals surface area contributed by atoms with Gasteiger partial charge < -0.3 is 10.0 Å². The molecule has 1 amide bonds. The smallest absolute Gasteiger partial charge is 0.259 e. The fraction of sp³-hybridized carbons (Fsp3) is 0.462. The first kappa shape index (κ1) is 13.9. The monoisotopic (exact) mass is 273 g/mol. The molecule has 3 nitrogen and oxygen atoms in total. The first-order valence-corrected chi connectivity index (χ1v) is 5.96. The molecule has 1 aromatic carbocycles. The lowest BCUT2D eigenvalue weighted by Gasteiger charge is -2.34. The normalized spacial score (nSPS) is 21.9. The number of rotatable bonds is 3. The molecule has 6 heteroatoms. The first-order chi connectivity index (χ1) is 8.88. The lowest BCUT2D eigenvalue weighted by molar-refractivity contribution is 0.0263. The van der Waals surface area contributed by atoms with Gasteiger partial charge >= 0.3 is 0 Å². The fourth-order valence-electron chi connectivity index (χ4n) is 2.26. The fourth-order valence-corrected chi connectivity index (χ4v) is 2.26. The number of aliphatic hydroxyl groups excluding tert-OH is 1. The van der Waals surface area contributed by atoms with Crippen LogP contribution in [0.2, 0.25) is 0 Å². The highest BCUT2D eigenvalue weighted by atomic mass is 19.1. The number of aliphatic hydroxyl groups is 1. The molecule has 1 aromatic rings. The van der Waals surface area contributed by atoms with E-state index in [4.69, 9.17) is 5.11 Å². The van der Waals surface area contributed by atoms with Crippen LogP contribution in [0.25, 0.3) is 0 Å². The number of benzene rings is 1. The average Bonchev–Trinajstić information content (AvgIpc) is 2.25. The summed E-state index contributed by atoms with van der Waals surface area (Å²) in [4.78, 5) is 13.1. The van der Waals surface area contributed by atoms with Crippen molar-refractivity contribution in [2.45, 2.75) is 18.9 Å². The van der Waals surface area contributed by atoms with Gasteiger partial charge in [-0.25, -0.2) is 13.2 Å². The molecule has 19 heavy (non-hydrogen) atoms. The van der Waals surface area contributed by atoms with E-state index in [2.05, 4.69) is 0 Å². The zero-order valence-electron chi connectivity index (χ0n) is 10.4. The van der Waals surface area contributed by atoms with Crippen LogP contribution in [0.4, 0.5) is 13.2 Å². The van der Waals surface area contributed by atoms with E-state index in [1.807, 2.05) is 0 Å². The largest absolute Gasteiger partial charge is 0.393 e. The molecule has 2 rings (SSSR count). The number of halogens is 3. The second-order valence-corrected chi connectivity index (χ2v) is 4.92. The van der Waals surface area contributed by atoms with Gasteiger partial charge in [0.15, 0.2) is 0 Å². The number of hydrogen-bond donors (Lipinski definition) is 1. The van der Waals surface area contributed by atoms with Crippen LogP contribution in [-0.2, 0) is 0 Å². The van der Waals surface area contributed by atoms with E-state index < -0.39 is 28.9 Å². The van der Waals surface area contributed by atoms with Crippen molar-refractivity contribution in [2.24, 2.45) is 5.92 Å². The summed E-state index contributed by atoms with van der Waals surface area (Å²) in [7, 11) is 1.43. The highest BCUT2D eigenvalue weighted by Crippen LogP contribution is 2.28. The van der Waals surface area contributed by atoms with Crippen LogP contribution in [0, 0.1) is 23.4 Å². The standard InChI is InChI=1S/C13H14F3NO2/c1-17(6-7-2-9(18)3-7)13(19)12-10(15)4-8(14)5-11(12)16/h4-5,7,9,18H,2-3,6H2,1H3. The van der Waals surface area contributed by atoms with Crippen molar-refractivity contribution in [2.75, 3.05) is 13.6 Å². The SMILES string of the molecule is CN(CC1CC(O)C1)C(=O)c1c(F)cc(F)cc1F. The zero-order chi connectivity index (χ0) is 14.2. The second kappa shape index (κ2) is 5.21. The molecular weight excluding hydrogens is 259 g/mol. The Morgan fingerprint density at radius 2 is 1.84 bits per heavy atom. The van der Waals surface area contributed by atoms with Gasteiger partial charge in [0.2, 0.25) is 0 Å². The Bertz CT molecular complexity index is 478. The number of carbonyl (C=O) groups excluding carboxylic acids is 1. The predicted molar refractivity (Wildman–Crippen MR) is 62.0 cm³/mol. The number of nitrogens with zero attached hydrogens (tertiary/aromatic N) is 1. The summed E-state index contributed by atoms with van der Waals surface area (Å²) in [6.45, 7) is 0.312. The molecule has 0 aromatic heterocycles. The minimum Gasteiger partial charge on any atom is -0.393 e. The molecule has 1 aliphatic carbocycles. The maximum atomic E-state index is 13.4. The number of hydrogen-bond acceptors (Lipinski definition) is 2. The molecule has 0 aliphatic heterocycles. The Labute approximate surface area is 108 Å². The topological polar surface area (TPSA) is 40.5 Å². The molecule has 0 radical (unpaired) electrons. The maximum absolute atomic E-state index is 13.4. The third kappa shape index (κ3) is 2.89. The molecule has 0 unspecified atom stereocenters. The van der Waals surface area contributed by atoms with Crippen molar-refractivity contribution in [1.82, 2.24) is 4.90 Å². The molecule has 0 heterocycles. The average molecular weight is 273 g/mol. The van der Waals surface area contributed by atoms with Crippen LogP contribution in [0.15, 0.2) is 12.1 Å². The van der Waals surface area contributed by atoms with Gasteiger partial charge in [-0.15, -0.1) is 0 Å². The molecule has 1 saturated carbocycles. The van der Waals surface area contributed by atoms with Crippen molar-refractivity contribution in [3.63, 3.8) is 0 Å². The van der Waals surface area contributed by atoms with Gasteiger partial charge in [0.05, 0.1) is 6.10 Å². The lowest BCUT2D eigenvalue weighted by Crippen LogP contribution is -2.40. The van der Waals surface area contributed by atoms with E-state index in [0.29, 0.717) is 31.5 Å². The van der Waals surface area contributed by atoms with Gasteiger partial charge in [-0.3, -0.25) is 4.79 Å². The van der Waals surface area contributed by atoms with Crippen LogP contribution in [-0.4, -0.2) is 35.6 Å². The summed E-state index contributed by atoms with van der Waals surface area (Å²) in [5, 5.41) is 9.14. The molecule has 0 atom stereocenters. The maximum Gasteiger partial charge on any atom is 0.259 e. The predicted octanol–water partition coefficient (Wildman–Crippen LogP) is 1.95. The minimum absolute atomic E-state index is 0.135. The van der Waals surface area contributed by atoms with Crippen LogP contribution in [0.5, 0.6) is 0 Å². The van der Waals surface area contributed by atoms with Gasteiger partial charge in [0.25, 0.3) is 5.91 Å². The Balaban J connectivity index is 2.10. The van der Waals surface area contributed by atoms with E-state index in [1.54, 1.807) is 0 Å². The summed E-state index contributed by atoms with van der Waals surface area (Å²) >= 11 is 0. The molecule has 0 bridgehead atoms. The highest BCUT2D eigenvalue weighted by Gasteiger charge is 2.30. The molecule has 1 aliphatic rings. The first-order valence-electron chi connectivity index (χ1n) is 5.96. The second-order valence-electron chi connectivity index (χ2n) is 4.92. The minimum atomic E-state index is -1.21. The Hall–Kier alpha value is -1.56. The molecule has 1 N–H and O–H groups in total. The van der Waals surface area contributed by atoms with Crippen molar-refractivity contribution in [1.29, 1.82) is 0 Å². The lowest BCUT2D eigenvalue weighted by atomic mass is 9.82. The van der Waals surface area contributed by atoms with E-state index in [1.165, 1.54) is 11.9 Å². The van der Waals surface area contributed by atoms with Crippen LogP contribution in [0.3, 0.4) is 0 Å². The Kier molecular flexibility index (Phi) is 3.80. The van der Waals surface area contributed by atoms with Crippen LogP contribution >= 0.6 is 0 Å². The zero-order valence-corrected chi connectivity index (χ0v) is 10.4. The summed E-state index contributed by atoms with van der Waals surface area (Å²) in [5.41, 5.74) is -0.747. The third-order valence-corrected chi connectivity index (χ3v) is 3.31. The van der Waals surface area contributed by atoms with Crippen molar-refractivity contribution in [3.8, 4) is 0 Å². The quantitative estimate of drug-likeness (QED) is 0.914.